The molecule has 0 fully saturated rings. The molecule has 0 spiro atoms. The van der Waals surface area contributed by atoms with E-state index in [0.717, 1.165) is 0 Å². The van der Waals surface area contributed by atoms with Crippen LogP contribution in [-0.4, -0.2) is 26.4 Å². The highest BCUT2D eigenvalue weighted by molar-refractivity contribution is 5.70. The molecule has 0 aliphatic carbocycles. The van der Waals surface area contributed by atoms with Crippen LogP contribution in [-0.2, 0) is 9.57 Å². The van der Waals surface area contributed by atoms with Crippen molar-refractivity contribution in [1.29, 1.82) is 0 Å². The maximum Gasteiger partial charge on any atom is 0.336 e. The summed E-state index contributed by atoms with van der Waals surface area (Å²) in [4.78, 5) is 14.4. The molecule has 54 valence electrons. The second-order valence-electron chi connectivity index (χ2n) is 1.31. The predicted molar refractivity (Wildman–Crippen MR) is 30.5 cm³/mol. The molecule has 0 rings (SSSR count). The van der Waals surface area contributed by atoms with Gasteiger partial charge in [0.05, 0.1) is 13.2 Å². The van der Waals surface area contributed by atoms with Crippen LogP contribution < -0.4 is 11.2 Å². The molecule has 0 aromatic rings. The maximum atomic E-state index is 9.91. The van der Waals surface area contributed by atoms with Gasteiger partial charge in [-0.25, -0.2) is 10.3 Å². The number of hydrogen-bond acceptors (Lipinski definition) is 3. The van der Waals surface area contributed by atoms with Gasteiger partial charge in [-0.15, -0.1) is 0 Å². The number of methoxy groups -OCH3 is 1. The quantitative estimate of drug-likeness (QED) is 0.391. The molecule has 0 aromatic heterocycles. The number of hydrogen-bond donors (Lipinski definition) is 2. The average molecular weight is 134 g/mol. The number of primary amides is 1. The van der Waals surface area contributed by atoms with E-state index in [1.807, 2.05) is 5.48 Å². The number of amides is 2. The van der Waals surface area contributed by atoms with Crippen molar-refractivity contribution in [1.82, 2.24) is 5.48 Å². The van der Waals surface area contributed by atoms with E-state index in [-0.39, 0.29) is 0 Å². The third kappa shape index (κ3) is 7.19. The summed E-state index contributed by atoms with van der Waals surface area (Å²) in [6.07, 6.45) is 0. The topological polar surface area (TPSA) is 73.6 Å². The van der Waals surface area contributed by atoms with Crippen molar-refractivity contribution in [2.45, 2.75) is 0 Å². The first kappa shape index (κ1) is 8.19. The van der Waals surface area contributed by atoms with Crippen LogP contribution in [0.25, 0.3) is 0 Å². The number of hydroxylamine groups is 1. The van der Waals surface area contributed by atoms with Gasteiger partial charge in [-0.2, -0.15) is 0 Å². The minimum Gasteiger partial charge on any atom is -0.382 e. The predicted octanol–water partition coefficient (Wildman–Crippen LogP) is -0.767. The number of nitrogens with two attached hydrogens (primary N) is 1. The molecule has 2 amide bonds. The van der Waals surface area contributed by atoms with Crippen molar-refractivity contribution in [2.24, 2.45) is 5.73 Å². The van der Waals surface area contributed by atoms with Crippen LogP contribution in [0.3, 0.4) is 0 Å². The Hall–Kier alpha value is -0.810. The maximum absolute atomic E-state index is 9.91. The molecule has 3 N–H and O–H groups in total. The second kappa shape index (κ2) is 5.33. The third-order valence-corrected chi connectivity index (χ3v) is 0.562. The summed E-state index contributed by atoms with van der Waals surface area (Å²) in [7, 11) is 1.54. The smallest absolute Gasteiger partial charge is 0.336 e. The lowest BCUT2D eigenvalue weighted by Gasteiger charge is -2.00. The lowest BCUT2D eigenvalue weighted by atomic mass is 10.8. The van der Waals surface area contributed by atoms with Crippen LogP contribution in [0.5, 0.6) is 0 Å². The van der Waals surface area contributed by atoms with Gasteiger partial charge in [0.15, 0.2) is 0 Å². The molecule has 9 heavy (non-hydrogen) atoms. The summed E-state index contributed by atoms with van der Waals surface area (Å²) in [5.41, 5.74) is 6.60. The summed E-state index contributed by atoms with van der Waals surface area (Å²) in [5.74, 6) is 0. The van der Waals surface area contributed by atoms with Crippen molar-refractivity contribution in [3.63, 3.8) is 0 Å². The average Bonchev–Trinajstić information content (AvgIpc) is 1.80. The number of carbonyl (C=O) groups excluding carboxylic acids is 1. The Balaban J connectivity index is 2.83. The van der Waals surface area contributed by atoms with Gasteiger partial charge >= 0.3 is 6.03 Å². The van der Waals surface area contributed by atoms with E-state index >= 15 is 0 Å². The molecule has 0 aliphatic heterocycles. The fourth-order valence-electron chi connectivity index (χ4n) is 0.247. The van der Waals surface area contributed by atoms with Crippen LogP contribution in [0.4, 0.5) is 4.79 Å². The Morgan fingerprint density at radius 3 is 2.78 bits per heavy atom. The Labute approximate surface area is 53.1 Å². The summed E-state index contributed by atoms with van der Waals surface area (Å²) in [6, 6.07) is -0.703. The molecular weight excluding hydrogens is 124 g/mol. The standard InChI is InChI=1S/C4H10N2O3/c1-8-2-3-9-6-4(5)7/h2-3H2,1H3,(H3,5,6,7). The van der Waals surface area contributed by atoms with Crippen LogP contribution in [0.2, 0.25) is 0 Å². The summed E-state index contributed by atoms with van der Waals surface area (Å²) in [5, 5.41) is 0. The first-order valence-electron chi connectivity index (χ1n) is 2.43. The SMILES string of the molecule is COCCONC(N)=O. The Morgan fingerprint density at radius 2 is 2.33 bits per heavy atom. The van der Waals surface area contributed by atoms with Gasteiger partial charge in [0.2, 0.25) is 0 Å². The lowest BCUT2D eigenvalue weighted by Crippen LogP contribution is -2.30. The molecule has 5 heteroatoms. The van der Waals surface area contributed by atoms with Crippen molar-refractivity contribution < 1.29 is 14.4 Å². The Bertz CT molecular complexity index is 85.9. The fraction of sp³-hybridized carbons (Fsp3) is 0.750. The van der Waals surface area contributed by atoms with Crippen LogP contribution >= 0.6 is 0 Å². The van der Waals surface area contributed by atoms with E-state index in [1.54, 1.807) is 0 Å². The van der Waals surface area contributed by atoms with Gasteiger partial charge in [-0.3, -0.25) is 4.84 Å². The first-order chi connectivity index (χ1) is 4.27. The number of ether oxygens (including phenoxy) is 1. The third-order valence-electron chi connectivity index (χ3n) is 0.562. The van der Waals surface area contributed by atoms with E-state index in [1.165, 1.54) is 7.11 Å². The molecule has 5 nitrogen and oxygen atoms in total. The molecular formula is C4H10N2O3. The molecule has 0 atom stereocenters. The fourth-order valence-corrected chi connectivity index (χ4v) is 0.247. The van der Waals surface area contributed by atoms with Gasteiger partial charge in [0, 0.05) is 7.11 Å². The molecule has 0 aromatic carbocycles. The zero-order valence-corrected chi connectivity index (χ0v) is 5.22. The van der Waals surface area contributed by atoms with Gasteiger partial charge in [0.25, 0.3) is 0 Å². The van der Waals surface area contributed by atoms with Crippen molar-refractivity contribution in [2.75, 3.05) is 20.3 Å². The van der Waals surface area contributed by atoms with Gasteiger partial charge < -0.3 is 10.5 Å². The number of carbonyl (C=O) groups is 1. The first-order valence-corrected chi connectivity index (χ1v) is 2.43. The van der Waals surface area contributed by atoms with E-state index < -0.39 is 6.03 Å². The van der Waals surface area contributed by atoms with Crippen LogP contribution in [0.15, 0.2) is 0 Å². The molecule has 0 aliphatic rings. The van der Waals surface area contributed by atoms with Crippen molar-refractivity contribution in [3.05, 3.63) is 0 Å². The van der Waals surface area contributed by atoms with Gasteiger partial charge in [-0.05, 0) is 0 Å². The van der Waals surface area contributed by atoms with E-state index in [0.29, 0.717) is 13.2 Å². The Kier molecular flexibility index (Phi) is 4.85. The van der Waals surface area contributed by atoms with E-state index in [2.05, 4.69) is 15.3 Å². The highest BCUT2D eigenvalue weighted by atomic mass is 16.7. The second-order valence-corrected chi connectivity index (χ2v) is 1.31. The molecule has 0 saturated heterocycles. The van der Waals surface area contributed by atoms with E-state index in [9.17, 15) is 4.79 Å². The summed E-state index contributed by atoms with van der Waals surface area (Å²) in [6.45, 7) is 0.736. The lowest BCUT2D eigenvalue weighted by molar-refractivity contribution is 0.0262. The number of nitrogens with one attached hydrogen (secondary N) is 1. The van der Waals surface area contributed by atoms with E-state index in [4.69, 9.17) is 0 Å². The van der Waals surface area contributed by atoms with Crippen molar-refractivity contribution in [3.8, 4) is 0 Å². The summed E-state index contributed by atoms with van der Waals surface area (Å²) < 4.78 is 4.61. The Morgan fingerprint density at radius 1 is 1.67 bits per heavy atom. The molecule has 0 radical (unpaired) electrons. The minimum atomic E-state index is -0.703. The number of urea groups is 1. The molecule has 0 heterocycles. The molecule has 0 saturated carbocycles. The molecule has 0 bridgehead atoms. The monoisotopic (exact) mass is 134 g/mol. The minimum absolute atomic E-state index is 0.305. The zero-order chi connectivity index (χ0) is 7.11. The van der Waals surface area contributed by atoms with Crippen molar-refractivity contribution >= 4 is 6.03 Å². The normalized spacial score (nSPS) is 9.00. The van der Waals surface area contributed by atoms with Crippen LogP contribution in [0.1, 0.15) is 0 Å². The highest BCUT2D eigenvalue weighted by Gasteiger charge is 1.88. The largest absolute Gasteiger partial charge is 0.382 e. The molecule has 0 unspecified atom stereocenters. The highest BCUT2D eigenvalue weighted by Crippen LogP contribution is 1.68. The van der Waals surface area contributed by atoms with Crippen LogP contribution in [0, 0.1) is 0 Å². The summed E-state index contributed by atoms with van der Waals surface area (Å²) >= 11 is 0. The zero-order valence-electron chi connectivity index (χ0n) is 5.22. The van der Waals surface area contributed by atoms with Gasteiger partial charge in [0.1, 0.15) is 0 Å². The van der Waals surface area contributed by atoms with Gasteiger partial charge in [-0.1, -0.05) is 0 Å². The number of rotatable bonds is 4.